The zero-order chi connectivity index (χ0) is 12.7. The predicted octanol–water partition coefficient (Wildman–Crippen LogP) is 1.98. The van der Waals surface area contributed by atoms with Crippen LogP contribution >= 0.6 is 0 Å². The minimum absolute atomic E-state index is 0.492. The summed E-state index contributed by atoms with van der Waals surface area (Å²) in [6.45, 7) is 0.495. The van der Waals surface area contributed by atoms with Gasteiger partial charge < -0.3 is 19.0 Å². The van der Waals surface area contributed by atoms with Gasteiger partial charge in [0.15, 0.2) is 11.5 Å². The van der Waals surface area contributed by atoms with E-state index in [0.29, 0.717) is 30.9 Å². The predicted molar refractivity (Wildman–Crippen MR) is 64.6 cm³/mol. The van der Waals surface area contributed by atoms with Gasteiger partial charge in [-0.2, -0.15) is 0 Å². The summed E-state index contributed by atoms with van der Waals surface area (Å²) in [5.74, 6) is 1.35. The molecular weight excluding hydrogens is 220 g/mol. The molecule has 0 heterocycles. The number of aryl methyl sites for hydroxylation is 1. The highest BCUT2D eigenvalue weighted by Crippen LogP contribution is 2.31. The molecule has 0 saturated heterocycles. The first-order valence-corrected chi connectivity index (χ1v) is 5.43. The van der Waals surface area contributed by atoms with E-state index in [0.717, 1.165) is 17.4 Å². The summed E-state index contributed by atoms with van der Waals surface area (Å²) in [5, 5.41) is 0. The van der Waals surface area contributed by atoms with Crippen LogP contribution in [0.25, 0.3) is 0 Å². The second-order valence-electron chi connectivity index (χ2n) is 3.61. The number of carbonyl (C=O) groups is 1. The fourth-order valence-corrected chi connectivity index (χ4v) is 1.70. The van der Waals surface area contributed by atoms with Gasteiger partial charge in [0, 0.05) is 13.5 Å². The minimum atomic E-state index is 0.492. The number of rotatable bonds is 7. The smallest absolute Gasteiger partial charge is 0.161 e. The zero-order valence-corrected chi connectivity index (χ0v) is 10.5. The van der Waals surface area contributed by atoms with Crippen molar-refractivity contribution in [2.75, 3.05) is 21.3 Å². The summed E-state index contributed by atoms with van der Waals surface area (Å²) >= 11 is 0. The van der Waals surface area contributed by atoms with Gasteiger partial charge >= 0.3 is 0 Å². The molecular formula is C13H18O4. The Bertz CT molecular complexity index is 374. The van der Waals surface area contributed by atoms with Gasteiger partial charge in [-0.3, -0.25) is 0 Å². The Morgan fingerprint density at radius 3 is 2.12 bits per heavy atom. The molecule has 0 radical (unpaired) electrons. The molecule has 0 aromatic heterocycles. The highest BCUT2D eigenvalue weighted by Gasteiger charge is 2.10. The minimum Gasteiger partial charge on any atom is -0.493 e. The van der Waals surface area contributed by atoms with Crippen molar-refractivity contribution in [1.29, 1.82) is 0 Å². The summed E-state index contributed by atoms with van der Waals surface area (Å²) in [7, 11) is 4.83. The molecule has 0 bridgehead atoms. The largest absolute Gasteiger partial charge is 0.493 e. The monoisotopic (exact) mass is 238 g/mol. The molecule has 1 rings (SSSR count). The average Bonchev–Trinajstić information content (AvgIpc) is 2.37. The van der Waals surface area contributed by atoms with Crippen LogP contribution in [0.5, 0.6) is 11.5 Å². The van der Waals surface area contributed by atoms with Crippen molar-refractivity contribution in [2.45, 2.75) is 19.4 Å². The Morgan fingerprint density at radius 2 is 1.65 bits per heavy atom. The van der Waals surface area contributed by atoms with Crippen LogP contribution in [-0.4, -0.2) is 27.6 Å². The summed E-state index contributed by atoms with van der Waals surface area (Å²) < 4.78 is 15.6. The van der Waals surface area contributed by atoms with E-state index in [2.05, 4.69) is 0 Å². The Balaban J connectivity index is 3.09. The number of methoxy groups -OCH3 is 3. The zero-order valence-electron chi connectivity index (χ0n) is 10.5. The maximum absolute atomic E-state index is 10.4. The van der Waals surface area contributed by atoms with Gasteiger partial charge in [0.05, 0.1) is 20.8 Å². The van der Waals surface area contributed by atoms with Crippen LogP contribution in [0.3, 0.4) is 0 Å². The maximum atomic E-state index is 10.4. The van der Waals surface area contributed by atoms with Gasteiger partial charge in [-0.05, 0) is 29.7 Å². The van der Waals surface area contributed by atoms with E-state index in [1.165, 1.54) is 0 Å². The van der Waals surface area contributed by atoms with E-state index in [-0.39, 0.29) is 0 Å². The average molecular weight is 238 g/mol. The molecule has 0 spiro atoms. The lowest BCUT2D eigenvalue weighted by molar-refractivity contribution is -0.107. The molecule has 0 unspecified atom stereocenters. The molecule has 0 saturated carbocycles. The fraction of sp³-hybridized carbons (Fsp3) is 0.462. The lowest BCUT2D eigenvalue weighted by atomic mass is 10.0. The maximum Gasteiger partial charge on any atom is 0.161 e. The third kappa shape index (κ3) is 3.46. The Hall–Kier alpha value is -1.55. The molecule has 4 nitrogen and oxygen atoms in total. The van der Waals surface area contributed by atoms with Crippen LogP contribution in [0.15, 0.2) is 12.1 Å². The highest BCUT2D eigenvalue weighted by atomic mass is 16.5. The van der Waals surface area contributed by atoms with Gasteiger partial charge in [0.1, 0.15) is 6.29 Å². The van der Waals surface area contributed by atoms with Crippen molar-refractivity contribution in [3.05, 3.63) is 23.3 Å². The van der Waals surface area contributed by atoms with Crippen LogP contribution < -0.4 is 9.47 Å². The van der Waals surface area contributed by atoms with E-state index in [4.69, 9.17) is 14.2 Å². The molecule has 0 aliphatic carbocycles. The van der Waals surface area contributed by atoms with Crippen LogP contribution in [0, 0.1) is 0 Å². The van der Waals surface area contributed by atoms with E-state index < -0.39 is 0 Å². The molecule has 0 N–H and O–H groups in total. The Morgan fingerprint density at radius 1 is 1.06 bits per heavy atom. The Labute approximate surface area is 101 Å². The van der Waals surface area contributed by atoms with E-state index in [1.54, 1.807) is 21.3 Å². The van der Waals surface area contributed by atoms with Gasteiger partial charge in [-0.25, -0.2) is 0 Å². The SMILES string of the molecule is COCc1cc(OC)c(OC)cc1CCC=O. The van der Waals surface area contributed by atoms with Crippen LogP contribution in [0.4, 0.5) is 0 Å². The lowest BCUT2D eigenvalue weighted by Gasteiger charge is -2.14. The van der Waals surface area contributed by atoms with Crippen LogP contribution in [-0.2, 0) is 22.6 Å². The van der Waals surface area contributed by atoms with Crippen molar-refractivity contribution < 1.29 is 19.0 Å². The van der Waals surface area contributed by atoms with Crippen LogP contribution in [0.2, 0.25) is 0 Å². The summed E-state index contributed by atoms with van der Waals surface area (Å²) in [6, 6.07) is 3.79. The third-order valence-electron chi connectivity index (χ3n) is 2.54. The van der Waals surface area contributed by atoms with Gasteiger partial charge in [-0.15, -0.1) is 0 Å². The van der Waals surface area contributed by atoms with E-state index in [1.807, 2.05) is 12.1 Å². The number of hydrogen-bond donors (Lipinski definition) is 0. The quantitative estimate of drug-likeness (QED) is 0.681. The van der Waals surface area contributed by atoms with E-state index >= 15 is 0 Å². The van der Waals surface area contributed by atoms with Crippen molar-refractivity contribution in [2.24, 2.45) is 0 Å². The first-order valence-electron chi connectivity index (χ1n) is 5.43. The third-order valence-corrected chi connectivity index (χ3v) is 2.54. The molecule has 0 aliphatic heterocycles. The second-order valence-corrected chi connectivity index (χ2v) is 3.61. The van der Waals surface area contributed by atoms with Crippen molar-refractivity contribution in [3.63, 3.8) is 0 Å². The first kappa shape index (κ1) is 13.5. The molecule has 0 amide bonds. The number of carbonyl (C=O) groups excluding carboxylic acids is 1. The normalized spacial score (nSPS) is 10.1. The number of aldehydes is 1. The molecule has 0 atom stereocenters. The number of ether oxygens (including phenoxy) is 3. The van der Waals surface area contributed by atoms with Crippen LogP contribution in [0.1, 0.15) is 17.5 Å². The summed E-state index contributed by atoms with van der Waals surface area (Å²) in [5.41, 5.74) is 2.07. The molecule has 17 heavy (non-hydrogen) atoms. The van der Waals surface area contributed by atoms with Crippen molar-refractivity contribution in [3.8, 4) is 11.5 Å². The number of hydrogen-bond acceptors (Lipinski definition) is 4. The highest BCUT2D eigenvalue weighted by molar-refractivity contribution is 5.52. The lowest BCUT2D eigenvalue weighted by Crippen LogP contribution is -2.00. The second kappa shape index (κ2) is 6.91. The van der Waals surface area contributed by atoms with Crippen molar-refractivity contribution >= 4 is 6.29 Å². The van der Waals surface area contributed by atoms with Crippen molar-refractivity contribution in [1.82, 2.24) is 0 Å². The molecule has 0 fully saturated rings. The van der Waals surface area contributed by atoms with Gasteiger partial charge in [-0.1, -0.05) is 0 Å². The summed E-state index contributed by atoms with van der Waals surface area (Å²) in [6.07, 6.45) is 2.09. The summed E-state index contributed by atoms with van der Waals surface area (Å²) in [4.78, 5) is 10.4. The molecule has 1 aromatic carbocycles. The van der Waals surface area contributed by atoms with Gasteiger partial charge in [0.2, 0.25) is 0 Å². The molecule has 1 aromatic rings. The first-order chi connectivity index (χ1) is 8.26. The molecule has 0 aliphatic rings. The topological polar surface area (TPSA) is 44.8 Å². The Kier molecular flexibility index (Phi) is 5.49. The molecule has 4 heteroatoms. The van der Waals surface area contributed by atoms with E-state index in [9.17, 15) is 4.79 Å². The standard InChI is InChI=1S/C13H18O4/c1-15-9-11-8-13(17-3)12(16-2)7-10(11)5-4-6-14/h6-8H,4-5,9H2,1-3H3. The fourth-order valence-electron chi connectivity index (χ4n) is 1.70. The van der Waals surface area contributed by atoms with Gasteiger partial charge in [0.25, 0.3) is 0 Å². The number of benzene rings is 1. The molecule has 94 valence electrons.